The molecule has 1 aromatic heterocycles. The smallest absolute Gasteiger partial charge is 0.243 e. The Bertz CT molecular complexity index is 1310. The molecule has 0 radical (unpaired) electrons. The zero-order valence-electron chi connectivity index (χ0n) is 18.8. The van der Waals surface area contributed by atoms with Gasteiger partial charge in [0.15, 0.2) is 0 Å². The summed E-state index contributed by atoms with van der Waals surface area (Å²) in [4.78, 5) is 13.3. The largest absolute Gasteiger partial charge is 0.311 e. The van der Waals surface area contributed by atoms with E-state index in [1.54, 1.807) is 23.0 Å². The van der Waals surface area contributed by atoms with Crippen molar-refractivity contribution in [1.29, 1.82) is 0 Å². The number of halogens is 1. The molecule has 178 valence electrons. The maximum Gasteiger partial charge on any atom is 0.243 e. The summed E-state index contributed by atoms with van der Waals surface area (Å²) in [5, 5.41) is 7.92. The molecular weight excluding hydrogens is 472 g/mol. The van der Waals surface area contributed by atoms with Crippen molar-refractivity contribution < 1.29 is 13.2 Å². The molecule has 1 aliphatic heterocycles. The van der Waals surface area contributed by atoms with Gasteiger partial charge in [0.05, 0.1) is 17.6 Å². The minimum absolute atomic E-state index is 0.115. The number of nitrogens with one attached hydrogen (secondary N) is 1. The van der Waals surface area contributed by atoms with Crippen LogP contribution in [0.25, 0.3) is 0 Å². The molecule has 5 rings (SSSR count). The summed E-state index contributed by atoms with van der Waals surface area (Å²) in [7, 11) is -3.55. The molecule has 0 saturated carbocycles. The van der Waals surface area contributed by atoms with Crippen LogP contribution in [0.15, 0.2) is 59.6 Å². The number of hydrogen-bond acceptors (Lipinski definition) is 4. The summed E-state index contributed by atoms with van der Waals surface area (Å²) in [6, 6.07) is 14.8. The summed E-state index contributed by atoms with van der Waals surface area (Å²) in [6.45, 7) is 1.10. The van der Waals surface area contributed by atoms with Crippen molar-refractivity contribution in [2.75, 3.05) is 18.4 Å². The van der Waals surface area contributed by atoms with Crippen molar-refractivity contribution in [1.82, 2.24) is 14.1 Å². The Labute approximate surface area is 204 Å². The Hall–Kier alpha value is -2.68. The average molecular weight is 499 g/mol. The van der Waals surface area contributed by atoms with Gasteiger partial charge in [-0.1, -0.05) is 35.9 Å². The van der Waals surface area contributed by atoms with Gasteiger partial charge in [-0.3, -0.25) is 4.79 Å². The summed E-state index contributed by atoms with van der Waals surface area (Å²) < 4.78 is 29.5. The van der Waals surface area contributed by atoms with E-state index < -0.39 is 10.0 Å². The fraction of sp³-hybridized carbons (Fsp3) is 0.360. The third-order valence-corrected chi connectivity index (χ3v) is 9.04. The summed E-state index contributed by atoms with van der Waals surface area (Å²) in [5.41, 5.74) is 3.31. The topological polar surface area (TPSA) is 84.3 Å². The summed E-state index contributed by atoms with van der Waals surface area (Å²) in [6.07, 6.45) is 5.64. The van der Waals surface area contributed by atoms with Gasteiger partial charge in [-0.15, -0.1) is 0 Å². The molecule has 0 bridgehead atoms. The maximum atomic E-state index is 13.2. The third kappa shape index (κ3) is 4.62. The van der Waals surface area contributed by atoms with Crippen molar-refractivity contribution in [2.45, 2.75) is 43.5 Å². The lowest BCUT2D eigenvalue weighted by Crippen LogP contribution is -2.41. The fourth-order valence-electron chi connectivity index (χ4n) is 4.80. The van der Waals surface area contributed by atoms with E-state index in [0.29, 0.717) is 48.2 Å². The predicted octanol–water partition coefficient (Wildman–Crippen LogP) is 4.11. The van der Waals surface area contributed by atoms with Crippen LogP contribution in [0.2, 0.25) is 5.02 Å². The molecule has 1 aliphatic carbocycles. The number of carbonyl (C=O) groups excluding carboxylic acids is 1. The van der Waals surface area contributed by atoms with Crippen molar-refractivity contribution in [3.63, 3.8) is 0 Å². The standard InChI is InChI=1S/C25H27ClN4O3S/c26-23-7-2-1-4-21(23)17-30-24(10-13-27-30)28-25(31)19-11-14-29(15-12-19)34(32,33)22-9-8-18-5-3-6-20(18)16-22/h1-2,4,7-10,13,16,19H,3,5-6,11-12,14-15,17H2,(H,28,31). The number of sulfonamides is 1. The van der Waals surface area contributed by atoms with Gasteiger partial charge in [-0.2, -0.15) is 9.40 Å². The Morgan fingerprint density at radius 2 is 1.82 bits per heavy atom. The second-order valence-corrected chi connectivity index (χ2v) is 11.3. The first-order valence-electron chi connectivity index (χ1n) is 11.6. The predicted molar refractivity (Wildman–Crippen MR) is 131 cm³/mol. The van der Waals surface area contributed by atoms with Gasteiger partial charge in [-0.05, 0) is 67.0 Å². The van der Waals surface area contributed by atoms with Gasteiger partial charge < -0.3 is 5.32 Å². The molecule has 0 spiro atoms. The Balaban J connectivity index is 1.21. The second-order valence-electron chi connectivity index (χ2n) is 8.92. The molecule has 34 heavy (non-hydrogen) atoms. The van der Waals surface area contributed by atoms with Gasteiger partial charge in [0.1, 0.15) is 5.82 Å². The van der Waals surface area contributed by atoms with Crippen molar-refractivity contribution in [3.8, 4) is 0 Å². The van der Waals surface area contributed by atoms with Crippen LogP contribution in [0.3, 0.4) is 0 Å². The van der Waals surface area contributed by atoms with E-state index in [1.165, 1.54) is 9.87 Å². The van der Waals surface area contributed by atoms with Crippen LogP contribution in [0, 0.1) is 5.92 Å². The minimum atomic E-state index is -3.55. The lowest BCUT2D eigenvalue weighted by molar-refractivity contribution is -0.121. The van der Waals surface area contributed by atoms with Crippen LogP contribution >= 0.6 is 11.6 Å². The van der Waals surface area contributed by atoms with E-state index in [0.717, 1.165) is 30.4 Å². The fourth-order valence-corrected chi connectivity index (χ4v) is 6.51. The minimum Gasteiger partial charge on any atom is -0.311 e. The third-order valence-electron chi connectivity index (χ3n) is 6.78. The van der Waals surface area contributed by atoms with Crippen molar-refractivity contribution in [2.24, 2.45) is 5.92 Å². The van der Waals surface area contributed by atoms with E-state index in [2.05, 4.69) is 10.4 Å². The molecular formula is C25H27ClN4O3S. The number of fused-ring (bicyclic) bond motifs is 1. The van der Waals surface area contributed by atoms with Crippen molar-refractivity contribution >= 4 is 33.3 Å². The number of aromatic nitrogens is 2. The van der Waals surface area contributed by atoms with Crippen LogP contribution in [-0.4, -0.2) is 41.5 Å². The van der Waals surface area contributed by atoms with Crippen LogP contribution in [0.1, 0.15) is 36.0 Å². The van der Waals surface area contributed by atoms with E-state index in [4.69, 9.17) is 11.6 Å². The number of carbonyl (C=O) groups is 1. The van der Waals surface area contributed by atoms with Gasteiger partial charge in [0.2, 0.25) is 15.9 Å². The number of amides is 1. The molecule has 1 N–H and O–H groups in total. The number of aryl methyl sites for hydroxylation is 2. The number of hydrogen-bond donors (Lipinski definition) is 1. The monoisotopic (exact) mass is 498 g/mol. The van der Waals surface area contributed by atoms with E-state index >= 15 is 0 Å². The zero-order valence-corrected chi connectivity index (χ0v) is 20.4. The molecule has 2 aromatic carbocycles. The SMILES string of the molecule is O=C(Nc1ccnn1Cc1ccccc1Cl)C1CCN(S(=O)(=O)c2ccc3c(c2)CCC3)CC1. The highest BCUT2D eigenvalue weighted by molar-refractivity contribution is 7.89. The molecule has 1 amide bonds. The lowest BCUT2D eigenvalue weighted by Gasteiger charge is -2.30. The molecule has 0 atom stereocenters. The first-order valence-corrected chi connectivity index (χ1v) is 13.4. The molecule has 1 saturated heterocycles. The molecule has 2 heterocycles. The Kier molecular flexibility index (Phi) is 6.46. The normalized spacial score (nSPS) is 17.0. The van der Waals surface area contributed by atoms with Gasteiger partial charge in [0, 0.05) is 30.1 Å². The number of piperidine rings is 1. The molecule has 9 heteroatoms. The summed E-state index contributed by atoms with van der Waals surface area (Å²) in [5.74, 6) is 0.226. The first kappa shape index (κ1) is 23.1. The number of benzene rings is 2. The molecule has 2 aliphatic rings. The highest BCUT2D eigenvalue weighted by Crippen LogP contribution is 2.29. The Morgan fingerprint density at radius 1 is 1.06 bits per heavy atom. The molecule has 0 unspecified atom stereocenters. The number of anilines is 1. The molecule has 7 nitrogen and oxygen atoms in total. The average Bonchev–Trinajstić information content (AvgIpc) is 3.49. The van der Waals surface area contributed by atoms with E-state index in [-0.39, 0.29) is 11.8 Å². The quantitative estimate of drug-likeness (QED) is 0.554. The van der Waals surface area contributed by atoms with E-state index in [9.17, 15) is 13.2 Å². The zero-order chi connectivity index (χ0) is 23.7. The van der Waals surface area contributed by atoms with Crippen LogP contribution in [0.5, 0.6) is 0 Å². The van der Waals surface area contributed by atoms with Gasteiger partial charge >= 0.3 is 0 Å². The van der Waals surface area contributed by atoms with Crippen LogP contribution in [-0.2, 0) is 34.2 Å². The van der Waals surface area contributed by atoms with Crippen LogP contribution < -0.4 is 5.32 Å². The van der Waals surface area contributed by atoms with Crippen molar-refractivity contribution in [3.05, 3.63) is 76.4 Å². The second kappa shape index (κ2) is 9.52. The molecule has 3 aromatic rings. The number of nitrogens with zero attached hydrogens (tertiary/aromatic N) is 3. The first-order chi connectivity index (χ1) is 16.4. The highest BCUT2D eigenvalue weighted by Gasteiger charge is 2.33. The lowest BCUT2D eigenvalue weighted by atomic mass is 9.97. The summed E-state index contributed by atoms with van der Waals surface area (Å²) >= 11 is 6.26. The maximum absolute atomic E-state index is 13.2. The van der Waals surface area contributed by atoms with E-state index in [1.807, 2.05) is 36.4 Å². The number of rotatable bonds is 6. The van der Waals surface area contributed by atoms with Gasteiger partial charge in [0.25, 0.3) is 0 Å². The molecule has 1 fully saturated rings. The van der Waals surface area contributed by atoms with Crippen LogP contribution in [0.4, 0.5) is 5.82 Å². The van der Waals surface area contributed by atoms with Gasteiger partial charge in [-0.25, -0.2) is 13.1 Å². The highest BCUT2D eigenvalue weighted by atomic mass is 35.5. The Morgan fingerprint density at radius 3 is 2.62 bits per heavy atom.